The fourth-order valence-corrected chi connectivity index (χ4v) is 3.02. The minimum atomic E-state index is 0.636. The second-order valence-corrected chi connectivity index (χ2v) is 6.79. The van der Waals surface area contributed by atoms with Crippen molar-refractivity contribution in [2.45, 2.75) is 67.2 Å². The summed E-state index contributed by atoms with van der Waals surface area (Å²) in [6.07, 6.45) is 10.4. The van der Waals surface area contributed by atoms with Crippen LogP contribution < -0.4 is 0 Å². The molecule has 0 radical (unpaired) electrons. The molecule has 1 rings (SSSR count). The van der Waals surface area contributed by atoms with E-state index in [-0.39, 0.29) is 0 Å². The van der Waals surface area contributed by atoms with Crippen LogP contribution in [0, 0.1) is 29.1 Å². The fourth-order valence-electron chi connectivity index (χ4n) is 3.02. The minimum absolute atomic E-state index is 0.636. The monoisotopic (exact) mass is 236 g/mol. The zero-order valence-corrected chi connectivity index (χ0v) is 12.8. The van der Waals surface area contributed by atoms with Crippen molar-refractivity contribution < 1.29 is 0 Å². The summed E-state index contributed by atoms with van der Waals surface area (Å²) in [5.41, 5.74) is 0.636. The van der Waals surface area contributed by atoms with Gasteiger partial charge in [-0.15, -0.1) is 0 Å². The van der Waals surface area contributed by atoms with E-state index in [0.29, 0.717) is 5.41 Å². The van der Waals surface area contributed by atoms with Crippen LogP contribution in [-0.2, 0) is 0 Å². The van der Waals surface area contributed by atoms with Crippen molar-refractivity contribution in [1.82, 2.24) is 0 Å². The predicted octanol–water partition coefficient (Wildman–Crippen LogP) is 5.69. The Morgan fingerprint density at radius 3 is 2.12 bits per heavy atom. The van der Waals surface area contributed by atoms with Crippen molar-refractivity contribution in [2.24, 2.45) is 29.1 Å². The first-order valence-corrected chi connectivity index (χ1v) is 7.57. The van der Waals surface area contributed by atoms with Crippen molar-refractivity contribution in [1.29, 1.82) is 0 Å². The first-order chi connectivity index (χ1) is 7.94. The quantitative estimate of drug-likeness (QED) is 0.498. The third kappa shape index (κ3) is 3.86. The number of allylic oxidation sites excluding steroid dienone is 2. The van der Waals surface area contributed by atoms with E-state index in [0.717, 1.165) is 23.7 Å². The Morgan fingerprint density at radius 2 is 1.76 bits per heavy atom. The van der Waals surface area contributed by atoms with Crippen molar-refractivity contribution in [3.63, 3.8) is 0 Å². The van der Waals surface area contributed by atoms with Crippen LogP contribution in [0.2, 0.25) is 0 Å². The van der Waals surface area contributed by atoms with E-state index in [2.05, 4.69) is 53.7 Å². The summed E-state index contributed by atoms with van der Waals surface area (Å²) in [6, 6.07) is 0. The summed E-state index contributed by atoms with van der Waals surface area (Å²) in [4.78, 5) is 0. The molecule has 1 saturated carbocycles. The van der Waals surface area contributed by atoms with Gasteiger partial charge >= 0.3 is 0 Å². The molecule has 3 atom stereocenters. The van der Waals surface area contributed by atoms with Crippen molar-refractivity contribution in [3.8, 4) is 0 Å². The summed E-state index contributed by atoms with van der Waals surface area (Å²) >= 11 is 0. The average Bonchev–Trinajstić information content (AvgIpc) is 3.02. The van der Waals surface area contributed by atoms with E-state index < -0.39 is 0 Å². The molecule has 0 bridgehead atoms. The van der Waals surface area contributed by atoms with Gasteiger partial charge in [-0.25, -0.2) is 0 Å². The van der Waals surface area contributed by atoms with Crippen molar-refractivity contribution >= 4 is 0 Å². The molecule has 1 fully saturated rings. The highest BCUT2D eigenvalue weighted by Crippen LogP contribution is 2.54. The molecule has 0 N–H and O–H groups in total. The molecule has 0 aromatic carbocycles. The molecule has 0 nitrogen and oxygen atoms in total. The molecule has 0 aromatic rings. The van der Waals surface area contributed by atoms with Crippen molar-refractivity contribution in [3.05, 3.63) is 12.2 Å². The number of hydrogen-bond acceptors (Lipinski definition) is 0. The Balaban J connectivity index is 2.64. The molecule has 0 heteroatoms. The lowest BCUT2D eigenvalue weighted by molar-refractivity contribution is 0.208. The van der Waals surface area contributed by atoms with Crippen LogP contribution in [0.1, 0.15) is 67.2 Å². The second kappa shape index (κ2) is 6.07. The van der Waals surface area contributed by atoms with E-state index >= 15 is 0 Å². The Morgan fingerprint density at radius 1 is 1.18 bits per heavy atom. The smallest absolute Gasteiger partial charge is 0.0177 e. The van der Waals surface area contributed by atoms with Crippen LogP contribution in [0.15, 0.2) is 12.2 Å². The molecule has 0 spiro atoms. The molecule has 1 aliphatic carbocycles. The predicted molar refractivity (Wildman–Crippen MR) is 78.0 cm³/mol. The Kier molecular flexibility index (Phi) is 5.28. The molecular weight excluding hydrogens is 204 g/mol. The van der Waals surface area contributed by atoms with Gasteiger partial charge in [0.25, 0.3) is 0 Å². The van der Waals surface area contributed by atoms with E-state index in [9.17, 15) is 0 Å². The lowest BCUT2D eigenvalue weighted by atomic mass is 9.74. The van der Waals surface area contributed by atoms with Gasteiger partial charge in [-0.1, -0.05) is 53.2 Å². The van der Waals surface area contributed by atoms with Gasteiger partial charge in [-0.05, 0) is 55.3 Å². The third-order valence-electron chi connectivity index (χ3n) is 5.23. The standard InChI is InChI=1S/C17H32/c1-7-9-16(17(6)10-11-17)12-15(8-2)14(5)13(3)4/h7,9,13-16H,8,10-12H2,1-6H3. The van der Waals surface area contributed by atoms with Gasteiger partial charge in [-0.2, -0.15) is 0 Å². The van der Waals surface area contributed by atoms with E-state index in [1.54, 1.807) is 0 Å². The van der Waals surface area contributed by atoms with Crippen LogP contribution in [0.4, 0.5) is 0 Å². The first-order valence-electron chi connectivity index (χ1n) is 7.57. The lowest BCUT2D eigenvalue weighted by Crippen LogP contribution is -2.22. The summed E-state index contributed by atoms with van der Waals surface area (Å²) in [5, 5.41) is 0. The van der Waals surface area contributed by atoms with Crippen LogP contribution in [0.3, 0.4) is 0 Å². The topological polar surface area (TPSA) is 0 Å². The summed E-state index contributed by atoms with van der Waals surface area (Å²) in [6.45, 7) is 14.2. The maximum Gasteiger partial charge on any atom is -0.0177 e. The molecule has 0 aliphatic heterocycles. The summed E-state index contributed by atoms with van der Waals surface area (Å²) < 4.78 is 0. The Hall–Kier alpha value is -0.260. The minimum Gasteiger partial charge on any atom is -0.0914 e. The molecule has 0 amide bonds. The second-order valence-electron chi connectivity index (χ2n) is 6.79. The highest BCUT2D eigenvalue weighted by atomic mass is 14.5. The van der Waals surface area contributed by atoms with Gasteiger partial charge in [0.2, 0.25) is 0 Å². The summed E-state index contributed by atoms with van der Waals surface area (Å²) in [5.74, 6) is 3.39. The molecule has 0 aromatic heterocycles. The van der Waals surface area contributed by atoms with Gasteiger partial charge in [-0.3, -0.25) is 0 Å². The molecule has 0 saturated heterocycles. The Labute approximate surface area is 109 Å². The van der Waals surface area contributed by atoms with E-state index in [1.807, 2.05) is 0 Å². The molecule has 1 aliphatic rings. The van der Waals surface area contributed by atoms with Gasteiger partial charge in [0.1, 0.15) is 0 Å². The fraction of sp³-hybridized carbons (Fsp3) is 0.882. The molecular formula is C17H32. The summed E-state index contributed by atoms with van der Waals surface area (Å²) in [7, 11) is 0. The number of hydrogen-bond donors (Lipinski definition) is 0. The van der Waals surface area contributed by atoms with Gasteiger partial charge < -0.3 is 0 Å². The molecule has 3 unspecified atom stereocenters. The normalized spacial score (nSPS) is 23.9. The van der Waals surface area contributed by atoms with Gasteiger partial charge in [0.15, 0.2) is 0 Å². The maximum absolute atomic E-state index is 2.48. The van der Waals surface area contributed by atoms with Crippen LogP contribution in [0.25, 0.3) is 0 Å². The first kappa shape index (κ1) is 14.8. The zero-order valence-electron chi connectivity index (χ0n) is 12.8. The average molecular weight is 236 g/mol. The highest BCUT2D eigenvalue weighted by molar-refractivity contribution is 5.04. The Bertz CT molecular complexity index is 245. The molecule has 0 heterocycles. The third-order valence-corrected chi connectivity index (χ3v) is 5.23. The van der Waals surface area contributed by atoms with E-state index in [1.165, 1.54) is 25.7 Å². The number of rotatable bonds is 7. The largest absolute Gasteiger partial charge is 0.0914 e. The van der Waals surface area contributed by atoms with Gasteiger partial charge in [0, 0.05) is 0 Å². The molecule has 17 heavy (non-hydrogen) atoms. The SMILES string of the molecule is CC=CC(CC(CC)C(C)C(C)C)C1(C)CC1. The van der Waals surface area contributed by atoms with E-state index in [4.69, 9.17) is 0 Å². The zero-order chi connectivity index (χ0) is 13.1. The highest BCUT2D eigenvalue weighted by Gasteiger charge is 2.44. The maximum atomic E-state index is 2.48. The lowest BCUT2D eigenvalue weighted by Gasteiger charge is -2.31. The van der Waals surface area contributed by atoms with Crippen LogP contribution in [-0.4, -0.2) is 0 Å². The van der Waals surface area contributed by atoms with Crippen molar-refractivity contribution in [2.75, 3.05) is 0 Å². The van der Waals surface area contributed by atoms with Crippen LogP contribution in [0.5, 0.6) is 0 Å². The van der Waals surface area contributed by atoms with Gasteiger partial charge in [0.05, 0.1) is 0 Å². The molecule has 100 valence electrons. The van der Waals surface area contributed by atoms with Crippen LogP contribution >= 0.6 is 0 Å².